The normalized spacial score (nSPS) is 10.8. The van der Waals surface area contributed by atoms with Crippen molar-refractivity contribution in [2.45, 2.75) is 26.7 Å². The predicted molar refractivity (Wildman–Crippen MR) is 83.4 cm³/mol. The number of benzene rings is 1. The minimum absolute atomic E-state index is 0.717. The van der Waals surface area contributed by atoms with E-state index >= 15 is 0 Å². The van der Waals surface area contributed by atoms with Crippen LogP contribution >= 0.6 is 11.6 Å². The van der Waals surface area contributed by atoms with Gasteiger partial charge in [-0.3, -0.25) is 0 Å². The number of aryl methyl sites for hydroxylation is 2. The van der Waals surface area contributed by atoms with E-state index in [2.05, 4.69) is 35.2 Å². The van der Waals surface area contributed by atoms with Gasteiger partial charge >= 0.3 is 0 Å². The smallest absolute Gasteiger partial charge is 0.133 e. The Labute approximate surface area is 125 Å². The molecule has 0 aliphatic rings. The summed E-state index contributed by atoms with van der Waals surface area (Å²) in [5.74, 6) is 0.857. The molecule has 2 aromatic rings. The van der Waals surface area contributed by atoms with Crippen LogP contribution in [0.15, 0.2) is 24.3 Å². The number of halogens is 1. The van der Waals surface area contributed by atoms with E-state index in [0.717, 1.165) is 40.8 Å². The van der Waals surface area contributed by atoms with Gasteiger partial charge in [-0.25, -0.2) is 9.97 Å². The van der Waals surface area contributed by atoms with Crippen LogP contribution in [-0.2, 0) is 12.8 Å². The number of rotatable bonds is 5. The van der Waals surface area contributed by atoms with Gasteiger partial charge in [0.25, 0.3) is 0 Å². The molecule has 0 radical (unpaired) electrons. The van der Waals surface area contributed by atoms with Gasteiger partial charge in [-0.2, -0.15) is 0 Å². The Bertz CT molecular complexity index is 573. The lowest BCUT2D eigenvalue weighted by Crippen LogP contribution is -2.14. The van der Waals surface area contributed by atoms with Gasteiger partial charge in [0, 0.05) is 22.8 Å². The second-order valence-electron chi connectivity index (χ2n) is 4.95. The lowest BCUT2D eigenvalue weighted by atomic mass is 10.1. The maximum absolute atomic E-state index is 6.01. The van der Waals surface area contributed by atoms with E-state index in [4.69, 9.17) is 11.6 Å². The van der Waals surface area contributed by atoms with Gasteiger partial charge in [0.05, 0.1) is 0 Å². The highest BCUT2D eigenvalue weighted by Gasteiger charge is 2.08. The SMILES string of the molecule is CNCCc1c(C)nc(Cc2cccc(Cl)c2)nc1C. The van der Waals surface area contributed by atoms with Crippen LogP contribution in [0, 0.1) is 13.8 Å². The van der Waals surface area contributed by atoms with Crippen molar-refractivity contribution >= 4 is 11.6 Å². The van der Waals surface area contributed by atoms with Gasteiger partial charge in [0.2, 0.25) is 0 Å². The van der Waals surface area contributed by atoms with Crippen molar-refractivity contribution in [2.75, 3.05) is 13.6 Å². The number of nitrogens with one attached hydrogen (secondary N) is 1. The molecule has 0 bridgehead atoms. The summed E-state index contributed by atoms with van der Waals surface area (Å²) in [6.07, 6.45) is 1.68. The largest absolute Gasteiger partial charge is 0.319 e. The summed E-state index contributed by atoms with van der Waals surface area (Å²) in [7, 11) is 1.96. The first-order valence-corrected chi connectivity index (χ1v) is 7.20. The maximum Gasteiger partial charge on any atom is 0.133 e. The van der Waals surface area contributed by atoms with E-state index in [-0.39, 0.29) is 0 Å². The lowest BCUT2D eigenvalue weighted by Gasteiger charge is -2.11. The Hall–Kier alpha value is -1.45. The second-order valence-corrected chi connectivity index (χ2v) is 5.39. The third-order valence-corrected chi connectivity index (χ3v) is 3.58. The van der Waals surface area contributed by atoms with Crippen molar-refractivity contribution in [3.8, 4) is 0 Å². The maximum atomic E-state index is 6.01. The second kappa shape index (κ2) is 6.82. The van der Waals surface area contributed by atoms with E-state index in [1.807, 2.05) is 25.2 Å². The summed E-state index contributed by atoms with van der Waals surface area (Å²) in [5, 5.41) is 3.91. The number of aromatic nitrogens is 2. The van der Waals surface area contributed by atoms with Crippen LogP contribution in [-0.4, -0.2) is 23.6 Å². The molecular weight excluding hydrogens is 270 g/mol. The fraction of sp³-hybridized carbons (Fsp3) is 0.375. The van der Waals surface area contributed by atoms with Crippen molar-refractivity contribution in [1.29, 1.82) is 0 Å². The molecule has 106 valence electrons. The average Bonchev–Trinajstić information content (AvgIpc) is 2.38. The Morgan fingerprint density at radius 2 is 1.85 bits per heavy atom. The van der Waals surface area contributed by atoms with Crippen molar-refractivity contribution in [3.05, 3.63) is 57.6 Å². The Balaban J connectivity index is 2.21. The van der Waals surface area contributed by atoms with Gasteiger partial charge in [0.15, 0.2) is 0 Å². The quantitative estimate of drug-likeness (QED) is 0.919. The molecule has 0 amide bonds. The van der Waals surface area contributed by atoms with Crippen LogP contribution < -0.4 is 5.32 Å². The summed E-state index contributed by atoms with van der Waals surface area (Å²) < 4.78 is 0. The standard InChI is InChI=1S/C16H20ClN3/c1-11-15(7-8-18-3)12(2)20-16(19-11)10-13-5-4-6-14(17)9-13/h4-6,9,18H,7-8,10H2,1-3H3. The van der Waals surface area contributed by atoms with Gasteiger partial charge in [-0.1, -0.05) is 23.7 Å². The summed E-state index contributed by atoms with van der Waals surface area (Å²) in [6.45, 7) is 5.06. The highest BCUT2D eigenvalue weighted by molar-refractivity contribution is 6.30. The molecular formula is C16H20ClN3. The molecule has 0 saturated heterocycles. The average molecular weight is 290 g/mol. The summed E-state index contributed by atoms with van der Waals surface area (Å²) in [5.41, 5.74) is 4.53. The molecule has 0 unspecified atom stereocenters. The van der Waals surface area contributed by atoms with Crippen molar-refractivity contribution in [2.24, 2.45) is 0 Å². The molecule has 0 spiro atoms. The molecule has 4 heteroatoms. The molecule has 1 aromatic heterocycles. The van der Waals surface area contributed by atoms with Crippen LogP contribution in [0.25, 0.3) is 0 Å². The highest BCUT2D eigenvalue weighted by Crippen LogP contribution is 2.16. The molecule has 1 N–H and O–H groups in total. The van der Waals surface area contributed by atoms with Crippen LogP contribution in [0.2, 0.25) is 5.02 Å². The van der Waals surface area contributed by atoms with E-state index in [0.29, 0.717) is 6.42 Å². The van der Waals surface area contributed by atoms with Gasteiger partial charge < -0.3 is 5.32 Å². The van der Waals surface area contributed by atoms with Crippen LogP contribution in [0.1, 0.15) is 28.3 Å². The number of hydrogen-bond donors (Lipinski definition) is 1. The molecule has 0 aliphatic heterocycles. The van der Waals surface area contributed by atoms with Crippen molar-refractivity contribution < 1.29 is 0 Å². The summed E-state index contributed by atoms with van der Waals surface area (Å²) in [6, 6.07) is 7.85. The Morgan fingerprint density at radius 3 is 2.45 bits per heavy atom. The fourth-order valence-electron chi connectivity index (χ4n) is 2.33. The molecule has 1 aromatic carbocycles. The first kappa shape index (κ1) is 14.9. The zero-order valence-electron chi connectivity index (χ0n) is 12.2. The van der Waals surface area contributed by atoms with E-state index in [9.17, 15) is 0 Å². The zero-order chi connectivity index (χ0) is 14.5. The summed E-state index contributed by atoms with van der Waals surface area (Å²) >= 11 is 6.01. The van der Waals surface area contributed by atoms with Crippen LogP contribution in [0.4, 0.5) is 0 Å². The van der Waals surface area contributed by atoms with E-state index < -0.39 is 0 Å². The Morgan fingerprint density at radius 1 is 1.15 bits per heavy atom. The minimum Gasteiger partial charge on any atom is -0.319 e. The van der Waals surface area contributed by atoms with Crippen LogP contribution in [0.3, 0.4) is 0 Å². The third-order valence-electron chi connectivity index (χ3n) is 3.34. The zero-order valence-corrected chi connectivity index (χ0v) is 13.0. The number of likely N-dealkylation sites (N-methyl/N-ethyl adjacent to an activating group) is 1. The fourth-order valence-corrected chi connectivity index (χ4v) is 2.54. The first-order valence-electron chi connectivity index (χ1n) is 6.82. The molecule has 0 aliphatic carbocycles. The third kappa shape index (κ3) is 3.78. The molecule has 1 heterocycles. The minimum atomic E-state index is 0.717. The van der Waals surface area contributed by atoms with Gasteiger partial charge in [0.1, 0.15) is 5.82 Å². The van der Waals surface area contributed by atoms with E-state index in [1.165, 1.54) is 5.56 Å². The van der Waals surface area contributed by atoms with Gasteiger partial charge in [-0.05, 0) is 57.1 Å². The molecule has 3 nitrogen and oxygen atoms in total. The molecule has 2 rings (SSSR count). The molecule has 0 atom stereocenters. The topological polar surface area (TPSA) is 37.8 Å². The van der Waals surface area contributed by atoms with Crippen LogP contribution in [0.5, 0.6) is 0 Å². The van der Waals surface area contributed by atoms with E-state index in [1.54, 1.807) is 0 Å². The highest BCUT2D eigenvalue weighted by atomic mass is 35.5. The molecule has 0 saturated carbocycles. The monoisotopic (exact) mass is 289 g/mol. The molecule has 20 heavy (non-hydrogen) atoms. The molecule has 0 fully saturated rings. The number of hydrogen-bond acceptors (Lipinski definition) is 3. The lowest BCUT2D eigenvalue weighted by molar-refractivity contribution is 0.766. The van der Waals surface area contributed by atoms with Crippen molar-refractivity contribution in [3.63, 3.8) is 0 Å². The predicted octanol–water partition coefficient (Wildman–Crippen LogP) is 3.10. The first-order chi connectivity index (χ1) is 9.60. The van der Waals surface area contributed by atoms with Crippen molar-refractivity contribution in [1.82, 2.24) is 15.3 Å². The van der Waals surface area contributed by atoms with Gasteiger partial charge in [-0.15, -0.1) is 0 Å². The Kier molecular flexibility index (Phi) is 5.10. The summed E-state index contributed by atoms with van der Waals surface area (Å²) in [4.78, 5) is 9.26. The number of nitrogens with zero attached hydrogens (tertiary/aromatic N) is 2.